The molecular formula is C19H24N4O4. The van der Waals surface area contributed by atoms with Crippen molar-refractivity contribution in [3.05, 3.63) is 24.3 Å². The molecule has 1 aromatic carbocycles. The van der Waals surface area contributed by atoms with Crippen molar-refractivity contribution in [2.75, 3.05) is 25.5 Å². The summed E-state index contributed by atoms with van der Waals surface area (Å²) in [4.78, 5) is 17.6. The molecule has 8 nitrogen and oxygen atoms in total. The number of benzene rings is 1. The summed E-state index contributed by atoms with van der Waals surface area (Å²) in [5.41, 5.74) is 0.858. The van der Waals surface area contributed by atoms with Crippen molar-refractivity contribution < 1.29 is 19.2 Å². The van der Waals surface area contributed by atoms with E-state index in [2.05, 4.69) is 20.4 Å². The van der Waals surface area contributed by atoms with Gasteiger partial charge in [0.05, 0.1) is 13.7 Å². The highest BCUT2D eigenvalue weighted by Gasteiger charge is 2.37. The second-order valence-electron chi connectivity index (χ2n) is 7.38. The van der Waals surface area contributed by atoms with Crippen LogP contribution >= 0.6 is 0 Å². The van der Waals surface area contributed by atoms with Crippen LogP contribution in [0.25, 0.3) is 11.4 Å². The monoisotopic (exact) mass is 372 g/mol. The summed E-state index contributed by atoms with van der Waals surface area (Å²) < 4.78 is 10.5. The van der Waals surface area contributed by atoms with Crippen LogP contribution in [0.15, 0.2) is 28.8 Å². The number of nitrogens with one attached hydrogen (secondary N) is 1. The SMILES string of the molecule is COc1ccc(-c2noc(NC3CC(N(CC(=O)O)CC4CC4)C3)n2)cc1. The number of carboxylic acid groups (broad SMARTS) is 1. The lowest BCUT2D eigenvalue weighted by Crippen LogP contribution is -2.52. The fourth-order valence-electron chi connectivity index (χ4n) is 3.47. The molecule has 144 valence electrons. The predicted molar refractivity (Wildman–Crippen MR) is 98.7 cm³/mol. The number of carbonyl (C=O) groups is 1. The van der Waals surface area contributed by atoms with Crippen LogP contribution in [0, 0.1) is 5.92 Å². The summed E-state index contributed by atoms with van der Waals surface area (Å²) in [5.74, 6) is 1.22. The third-order valence-electron chi connectivity index (χ3n) is 5.26. The Balaban J connectivity index is 1.30. The molecule has 2 aromatic rings. The molecule has 0 bridgehead atoms. The zero-order chi connectivity index (χ0) is 18.8. The lowest BCUT2D eigenvalue weighted by atomic mass is 9.85. The zero-order valence-corrected chi connectivity index (χ0v) is 15.3. The average molecular weight is 372 g/mol. The highest BCUT2D eigenvalue weighted by Crippen LogP contribution is 2.34. The smallest absolute Gasteiger partial charge is 0.322 e. The van der Waals surface area contributed by atoms with E-state index in [4.69, 9.17) is 14.4 Å². The first-order valence-electron chi connectivity index (χ1n) is 9.31. The van der Waals surface area contributed by atoms with Gasteiger partial charge in [0.15, 0.2) is 0 Å². The van der Waals surface area contributed by atoms with Crippen LogP contribution in [0.2, 0.25) is 0 Å². The minimum atomic E-state index is -0.756. The number of hydrogen-bond donors (Lipinski definition) is 2. The molecule has 4 rings (SSSR count). The van der Waals surface area contributed by atoms with Gasteiger partial charge in [-0.1, -0.05) is 5.16 Å². The molecule has 2 saturated carbocycles. The first-order chi connectivity index (χ1) is 13.1. The van der Waals surface area contributed by atoms with E-state index in [-0.39, 0.29) is 12.6 Å². The van der Waals surface area contributed by atoms with E-state index in [0.717, 1.165) is 30.7 Å². The van der Waals surface area contributed by atoms with Gasteiger partial charge >= 0.3 is 12.0 Å². The lowest BCUT2D eigenvalue weighted by molar-refractivity contribution is -0.139. The molecule has 27 heavy (non-hydrogen) atoms. The topological polar surface area (TPSA) is 101 Å². The van der Waals surface area contributed by atoms with Crippen molar-refractivity contribution in [3.63, 3.8) is 0 Å². The second kappa shape index (κ2) is 7.56. The quantitative estimate of drug-likeness (QED) is 0.692. The van der Waals surface area contributed by atoms with Crippen molar-refractivity contribution >= 4 is 12.0 Å². The first-order valence-corrected chi connectivity index (χ1v) is 9.31. The third-order valence-corrected chi connectivity index (χ3v) is 5.26. The molecule has 0 spiro atoms. The summed E-state index contributed by atoms with van der Waals surface area (Å²) in [6.07, 6.45) is 4.22. The summed E-state index contributed by atoms with van der Waals surface area (Å²) in [6, 6.07) is 8.41. The average Bonchev–Trinajstić information content (AvgIpc) is 3.31. The lowest BCUT2D eigenvalue weighted by Gasteiger charge is -2.42. The molecule has 2 aliphatic rings. The maximum absolute atomic E-state index is 11.1. The Labute approximate surface area is 157 Å². The van der Waals surface area contributed by atoms with E-state index in [0.29, 0.717) is 23.8 Å². The Bertz CT molecular complexity index is 781. The summed E-state index contributed by atoms with van der Waals surface area (Å²) >= 11 is 0. The molecule has 0 unspecified atom stereocenters. The number of aromatic nitrogens is 2. The Morgan fingerprint density at radius 3 is 2.70 bits per heavy atom. The van der Waals surface area contributed by atoms with Gasteiger partial charge in [-0.3, -0.25) is 9.69 Å². The summed E-state index contributed by atoms with van der Waals surface area (Å²) in [5, 5.41) is 16.4. The predicted octanol–water partition coefficient (Wildman–Crippen LogP) is 2.48. The molecule has 0 saturated heterocycles. The number of nitrogens with zero attached hydrogens (tertiary/aromatic N) is 3. The Kier molecular flexibility index (Phi) is 4.98. The fourth-order valence-corrected chi connectivity index (χ4v) is 3.47. The molecule has 8 heteroatoms. The van der Waals surface area contributed by atoms with Gasteiger partial charge in [-0.2, -0.15) is 4.98 Å². The van der Waals surface area contributed by atoms with Gasteiger partial charge in [-0.25, -0.2) is 0 Å². The van der Waals surface area contributed by atoms with Crippen LogP contribution in [0.5, 0.6) is 5.75 Å². The molecule has 0 radical (unpaired) electrons. The maximum Gasteiger partial charge on any atom is 0.322 e. The highest BCUT2D eigenvalue weighted by atomic mass is 16.5. The minimum absolute atomic E-state index is 0.121. The molecular weight excluding hydrogens is 348 g/mol. The molecule has 1 heterocycles. The van der Waals surface area contributed by atoms with Crippen molar-refractivity contribution in [1.82, 2.24) is 15.0 Å². The van der Waals surface area contributed by atoms with Crippen LogP contribution in [0.1, 0.15) is 25.7 Å². The number of ether oxygens (including phenoxy) is 1. The van der Waals surface area contributed by atoms with Crippen molar-refractivity contribution in [2.45, 2.75) is 37.8 Å². The van der Waals surface area contributed by atoms with Crippen molar-refractivity contribution in [3.8, 4) is 17.1 Å². The summed E-state index contributed by atoms with van der Waals surface area (Å²) in [6.45, 7) is 1.02. The third kappa shape index (κ3) is 4.39. The van der Waals surface area contributed by atoms with Crippen LogP contribution in [-0.4, -0.2) is 58.4 Å². The number of rotatable bonds is 9. The van der Waals surface area contributed by atoms with Crippen molar-refractivity contribution in [1.29, 1.82) is 0 Å². The standard InChI is InChI=1S/C19H24N4O4/c1-26-16-6-4-13(5-7-16)18-21-19(27-22-18)20-14-8-15(9-14)23(11-17(24)25)10-12-2-3-12/h4-7,12,14-15H,2-3,8-11H2,1H3,(H,24,25)(H,20,21,22). The van der Waals surface area contributed by atoms with Gasteiger partial charge in [-0.05, 0) is 55.9 Å². The molecule has 0 atom stereocenters. The van der Waals surface area contributed by atoms with E-state index in [1.54, 1.807) is 7.11 Å². The number of carboxylic acids is 1. The van der Waals surface area contributed by atoms with Gasteiger partial charge in [-0.15, -0.1) is 0 Å². The van der Waals surface area contributed by atoms with Crippen LogP contribution in [0.4, 0.5) is 6.01 Å². The maximum atomic E-state index is 11.1. The molecule has 2 aliphatic carbocycles. The normalized spacial score (nSPS) is 21.7. The minimum Gasteiger partial charge on any atom is -0.497 e. The van der Waals surface area contributed by atoms with Crippen LogP contribution in [-0.2, 0) is 4.79 Å². The number of anilines is 1. The van der Waals surface area contributed by atoms with Gasteiger partial charge < -0.3 is 19.7 Å². The summed E-state index contributed by atoms with van der Waals surface area (Å²) in [7, 11) is 1.62. The Hall–Kier alpha value is -2.61. The van der Waals surface area contributed by atoms with Gasteiger partial charge in [0.2, 0.25) is 5.82 Å². The fraction of sp³-hybridized carbons (Fsp3) is 0.526. The first kappa shape index (κ1) is 17.8. The van der Waals surface area contributed by atoms with E-state index >= 15 is 0 Å². The molecule has 0 amide bonds. The molecule has 2 fully saturated rings. The second-order valence-corrected chi connectivity index (χ2v) is 7.38. The van der Waals surface area contributed by atoms with Gasteiger partial charge in [0, 0.05) is 24.2 Å². The van der Waals surface area contributed by atoms with Gasteiger partial charge in [0.25, 0.3) is 0 Å². The Morgan fingerprint density at radius 1 is 1.33 bits per heavy atom. The van der Waals surface area contributed by atoms with Crippen LogP contribution in [0.3, 0.4) is 0 Å². The largest absolute Gasteiger partial charge is 0.497 e. The van der Waals surface area contributed by atoms with E-state index < -0.39 is 5.97 Å². The number of methoxy groups -OCH3 is 1. The van der Waals surface area contributed by atoms with E-state index in [1.165, 1.54) is 12.8 Å². The van der Waals surface area contributed by atoms with E-state index in [1.807, 2.05) is 24.3 Å². The van der Waals surface area contributed by atoms with Crippen molar-refractivity contribution in [2.24, 2.45) is 5.92 Å². The van der Waals surface area contributed by atoms with Crippen LogP contribution < -0.4 is 10.1 Å². The van der Waals surface area contributed by atoms with E-state index in [9.17, 15) is 4.79 Å². The zero-order valence-electron chi connectivity index (χ0n) is 15.3. The molecule has 2 N–H and O–H groups in total. The highest BCUT2D eigenvalue weighted by molar-refractivity contribution is 5.69. The van der Waals surface area contributed by atoms with Gasteiger partial charge in [0.1, 0.15) is 5.75 Å². The number of hydrogen-bond acceptors (Lipinski definition) is 7. The molecule has 1 aromatic heterocycles. The Morgan fingerprint density at radius 2 is 2.07 bits per heavy atom. The molecule has 0 aliphatic heterocycles. The number of aliphatic carboxylic acids is 1.